The summed E-state index contributed by atoms with van der Waals surface area (Å²) >= 11 is 0. The van der Waals surface area contributed by atoms with Gasteiger partial charge in [0.15, 0.2) is 0 Å². The van der Waals surface area contributed by atoms with Crippen molar-refractivity contribution in [2.24, 2.45) is 0 Å². The third-order valence-corrected chi connectivity index (χ3v) is 3.02. The minimum absolute atomic E-state index is 0.517. The molecule has 4 heteroatoms. The van der Waals surface area contributed by atoms with E-state index in [2.05, 4.69) is 16.4 Å². The van der Waals surface area contributed by atoms with Gasteiger partial charge in [-0.2, -0.15) is 5.26 Å². The van der Waals surface area contributed by atoms with Gasteiger partial charge in [0.25, 0.3) is 0 Å². The average molecular weight is 198 g/mol. The Bertz CT molecular complexity index is 545. The minimum Gasteiger partial charge on any atom is -0.242 e. The average Bonchev–Trinajstić information content (AvgIpc) is 2.59. The molecule has 1 aromatic heterocycles. The first-order valence-electron chi connectivity index (χ1n) is 5.13. The summed E-state index contributed by atoms with van der Waals surface area (Å²) in [5.41, 5.74) is 2.50. The Hall–Kier alpha value is -1.89. The fourth-order valence-corrected chi connectivity index (χ4v) is 1.91. The van der Waals surface area contributed by atoms with Gasteiger partial charge in [0.05, 0.1) is 23.2 Å². The fraction of sp³-hybridized carbons (Fsp3) is 0.364. The molecule has 0 radical (unpaired) electrons. The van der Waals surface area contributed by atoms with Crippen LogP contribution in [0.2, 0.25) is 0 Å². The van der Waals surface area contributed by atoms with Crippen molar-refractivity contribution in [3.05, 3.63) is 23.8 Å². The lowest BCUT2D eigenvalue weighted by Crippen LogP contribution is -2.18. The zero-order chi connectivity index (χ0) is 10.3. The van der Waals surface area contributed by atoms with E-state index in [1.165, 1.54) is 19.3 Å². The molecule has 0 spiro atoms. The first-order valence-corrected chi connectivity index (χ1v) is 5.13. The number of nitriles is 1. The van der Waals surface area contributed by atoms with Gasteiger partial charge in [-0.25, -0.2) is 4.68 Å². The second-order valence-electron chi connectivity index (χ2n) is 3.93. The highest BCUT2D eigenvalue weighted by molar-refractivity contribution is 5.76. The van der Waals surface area contributed by atoms with Crippen molar-refractivity contribution in [1.82, 2.24) is 15.0 Å². The highest BCUT2D eigenvalue weighted by Gasteiger charge is 2.22. The molecule has 2 aromatic rings. The first-order chi connectivity index (χ1) is 7.38. The van der Waals surface area contributed by atoms with Gasteiger partial charge in [0, 0.05) is 0 Å². The van der Waals surface area contributed by atoms with Crippen LogP contribution in [0.5, 0.6) is 0 Å². The SMILES string of the molecule is N#Cc1ccc2c(c1)nnn2C1CCC1. The zero-order valence-corrected chi connectivity index (χ0v) is 8.22. The monoisotopic (exact) mass is 198 g/mol. The summed E-state index contributed by atoms with van der Waals surface area (Å²) in [4.78, 5) is 0. The maximum atomic E-state index is 8.77. The predicted octanol–water partition coefficient (Wildman–Crippen LogP) is 2.03. The maximum Gasteiger partial charge on any atom is 0.114 e. The van der Waals surface area contributed by atoms with Crippen LogP contribution < -0.4 is 0 Å². The number of fused-ring (bicyclic) bond motifs is 1. The fourth-order valence-electron chi connectivity index (χ4n) is 1.91. The molecule has 1 heterocycles. The van der Waals surface area contributed by atoms with Gasteiger partial charge in [-0.05, 0) is 37.5 Å². The molecule has 0 amide bonds. The van der Waals surface area contributed by atoms with Gasteiger partial charge in [-0.15, -0.1) is 5.10 Å². The van der Waals surface area contributed by atoms with Gasteiger partial charge >= 0.3 is 0 Å². The van der Waals surface area contributed by atoms with Crippen molar-refractivity contribution < 1.29 is 0 Å². The van der Waals surface area contributed by atoms with Crippen molar-refractivity contribution >= 4 is 11.0 Å². The van der Waals surface area contributed by atoms with Gasteiger partial charge in [-0.3, -0.25) is 0 Å². The molecule has 0 N–H and O–H groups in total. The molecule has 0 atom stereocenters. The number of hydrogen-bond donors (Lipinski definition) is 0. The van der Waals surface area contributed by atoms with Crippen LogP contribution in [0, 0.1) is 11.3 Å². The molecular weight excluding hydrogens is 188 g/mol. The summed E-state index contributed by atoms with van der Waals surface area (Å²) in [6.45, 7) is 0. The summed E-state index contributed by atoms with van der Waals surface area (Å²) in [6.07, 6.45) is 3.67. The van der Waals surface area contributed by atoms with E-state index in [0.29, 0.717) is 11.6 Å². The van der Waals surface area contributed by atoms with Crippen molar-refractivity contribution in [2.45, 2.75) is 25.3 Å². The smallest absolute Gasteiger partial charge is 0.114 e. The lowest BCUT2D eigenvalue weighted by atomic mass is 9.93. The van der Waals surface area contributed by atoms with E-state index >= 15 is 0 Å². The molecule has 15 heavy (non-hydrogen) atoms. The van der Waals surface area contributed by atoms with Crippen molar-refractivity contribution in [1.29, 1.82) is 5.26 Å². The Morgan fingerprint density at radius 2 is 2.27 bits per heavy atom. The summed E-state index contributed by atoms with van der Waals surface area (Å²) in [7, 11) is 0. The van der Waals surface area contributed by atoms with Crippen LogP contribution in [-0.4, -0.2) is 15.0 Å². The predicted molar refractivity (Wildman–Crippen MR) is 55.1 cm³/mol. The third-order valence-electron chi connectivity index (χ3n) is 3.02. The summed E-state index contributed by atoms with van der Waals surface area (Å²) in [6, 6.07) is 8.17. The Morgan fingerprint density at radius 1 is 1.40 bits per heavy atom. The van der Waals surface area contributed by atoms with E-state index in [9.17, 15) is 0 Å². The highest BCUT2D eigenvalue weighted by Crippen LogP contribution is 2.32. The molecule has 0 saturated heterocycles. The summed E-state index contributed by atoms with van der Waals surface area (Å²) in [5.74, 6) is 0. The van der Waals surface area contributed by atoms with E-state index in [-0.39, 0.29) is 0 Å². The van der Waals surface area contributed by atoms with E-state index in [1.54, 1.807) is 6.07 Å². The minimum atomic E-state index is 0.517. The van der Waals surface area contributed by atoms with Gasteiger partial charge in [0.1, 0.15) is 5.52 Å². The molecule has 0 bridgehead atoms. The molecule has 4 nitrogen and oxygen atoms in total. The number of rotatable bonds is 1. The van der Waals surface area contributed by atoms with Crippen LogP contribution in [0.4, 0.5) is 0 Å². The Kier molecular flexibility index (Phi) is 1.72. The maximum absolute atomic E-state index is 8.77. The van der Waals surface area contributed by atoms with Crippen molar-refractivity contribution in [3.63, 3.8) is 0 Å². The second-order valence-corrected chi connectivity index (χ2v) is 3.93. The molecule has 1 aliphatic carbocycles. The molecule has 1 fully saturated rings. The largest absolute Gasteiger partial charge is 0.242 e. The molecule has 1 saturated carbocycles. The van der Waals surface area contributed by atoms with Crippen LogP contribution >= 0.6 is 0 Å². The number of nitrogens with zero attached hydrogens (tertiary/aromatic N) is 4. The molecule has 1 aliphatic rings. The zero-order valence-electron chi connectivity index (χ0n) is 8.22. The van der Waals surface area contributed by atoms with Crippen LogP contribution in [0.15, 0.2) is 18.2 Å². The van der Waals surface area contributed by atoms with Crippen LogP contribution in [0.3, 0.4) is 0 Å². The molecule has 3 rings (SSSR count). The van der Waals surface area contributed by atoms with Crippen LogP contribution in [-0.2, 0) is 0 Å². The first kappa shape index (κ1) is 8.42. The lowest BCUT2D eigenvalue weighted by Gasteiger charge is -2.25. The number of benzene rings is 1. The topological polar surface area (TPSA) is 54.5 Å². The lowest BCUT2D eigenvalue weighted by molar-refractivity contribution is 0.292. The van der Waals surface area contributed by atoms with E-state index in [1.807, 2.05) is 16.8 Å². The van der Waals surface area contributed by atoms with Crippen molar-refractivity contribution in [2.75, 3.05) is 0 Å². The van der Waals surface area contributed by atoms with Gasteiger partial charge in [0.2, 0.25) is 0 Å². The third kappa shape index (κ3) is 1.20. The highest BCUT2D eigenvalue weighted by atomic mass is 15.4. The number of hydrogen-bond acceptors (Lipinski definition) is 3. The standard InChI is InChI=1S/C11H10N4/c12-7-8-4-5-11-10(6-8)13-14-15(11)9-2-1-3-9/h4-6,9H,1-3H2. The normalized spacial score (nSPS) is 16.2. The number of aromatic nitrogens is 3. The Morgan fingerprint density at radius 3 is 2.93 bits per heavy atom. The van der Waals surface area contributed by atoms with Crippen molar-refractivity contribution in [3.8, 4) is 6.07 Å². The van der Waals surface area contributed by atoms with E-state index in [4.69, 9.17) is 5.26 Å². The van der Waals surface area contributed by atoms with E-state index in [0.717, 1.165) is 11.0 Å². The molecular formula is C11H10N4. The Balaban J connectivity index is 2.14. The van der Waals surface area contributed by atoms with Gasteiger partial charge < -0.3 is 0 Å². The molecule has 0 aliphatic heterocycles. The molecule has 1 aromatic carbocycles. The summed E-state index contributed by atoms with van der Waals surface area (Å²) < 4.78 is 1.99. The quantitative estimate of drug-likeness (QED) is 0.704. The summed E-state index contributed by atoms with van der Waals surface area (Å²) in [5, 5.41) is 17.0. The van der Waals surface area contributed by atoms with Crippen LogP contribution in [0.1, 0.15) is 30.9 Å². The molecule has 74 valence electrons. The van der Waals surface area contributed by atoms with E-state index < -0.39 is 0 Å². The second kappa shape index (κ2) is 3.06. The Labute approximate surface area is 87.1 Å². The van der Waals surface area contributed by atoms with Gasteiger partial charge in [-0.1, -0.05) is 5.21 Å². The van der Waals surface area contributed by atoms with Crippen LogP contribution in [0.25, 0.3) is 11.0 Å². The molecule has 0 unspecified atom stereocenters.